The number of methoxy groups -OCH3 is 1. The van der Waals surface area contributed by atoms with Gasteiger partial charge in [0, 0.05) is 23.2 Å². The lowest BCUT2D eigenvalue weighted by molar-refractivity contribution is 0.371. The molecule has 0 aromatic heterocycles. The van der Waals surface area contributed by atoms with Crippen LogP contribution in [0.2, 0.25) is 5.02 Å². The number of hydrogen-bond acceptors (Lipinski definition) is 4. The Balaban J connectivity index is 2.27. The first-order valence-corrected chi connectivity index (χ1v) is 6.42. The zero-order valence-corrected chi connectivity index (χ0v) is 11.9. The van der Waals surface area contributed by atoms with Gasteiger partial charge in [0.15, 0.2) is 11.5 Å². The number of phenols is 1. The maximum atomic E-state index is 13.5. The molecule has 2 aromatic carbocycles. The fourth-order valence-corrected chi connectivity index (χ4v) is 2.13. The Morgan fingerprint density at radius 2 is 2.19 bits per heavy atom. The lowest BCUT2D eigenvalue weighted by atomic mass is 10.1. The van der Waals surface area contributed by atoms with Crippen molar-refractivity contribution in [1.29, 1.82) is 5.26 Å². The van der Waals surface area contributed by atoms with Crippen LogP contribution in [-0.2, 0) is 6.54 Å². The molecule has 0 heterocycles. The van der Waals surface area contributed by atoms with Gasteiger partial charge < -0.3 is 15.2 Å². The van der Waals surface area contributed by atoms with E-state index in [0.29, 0.717) is 16.3 Å². The van der Waals surface area contributed by atoms with Gasteiger partial charge in [-0.2, -0.15) is 5.26 Å². The van der Waals surface area contributed by atoms with Crippen LogP contribution in [0.3, 0.4) is 0 Å². The minimum absolute atomic E-state index is 0.0516. The smallest absolute Gasteiger partial charge is 0.162 e. The lowest BCUT2D eigenvalue weighted by Crippen LogP contribution is -2.03. The molecule has 0 amide bonds. The summed E-state index contributed by atoms with van der Waals surface area (Å²) in [5.41, 5.74) is 0.745. The zero-order valence-electron chi connectivity index (χ0n) is 11.2. The van der Waals surface area contributed by atoms with Gasteiger partial charge in [0.1, 0.15) is 17.4 Å². The summed E-state index contributed by atoms with van der Waals surface area (Å²) in [7, 11) is 1.42. The van der Waals surface area contributed by atoms with Crippen LogP contribution in [0, 0.1) is 17.1 Å². The number of ether oxygens (including phenoxy) is 1. The largest absolute Gasteiger partial charge is 0.504 e. The summed E-state index contributed by atoms with van der Waals surface area (Å²) >= 11 is 5.94. The van der Waals surface area contributed by atoms with Crippen LogP contribution in [0.15, 0.2) is 30.3 Å². The van der Waals surface area contributed by atoms with E-state index >= 15 is 0 Å². The van der Waals surface area contributed by atoms with Gasteiger partial charge in [0.25, 0.3) is 0 Å². The van der Waals surface area contributed by atoms with Crippen LogP contribution >= 0.6 is 11.6 Å². The van der Waals surface area contributed by atoms with E-state index in [1.807, 2.05) is 0 Å². The number of benzene rings is 2. The molecule has 2 aromatic rings. The molecule has 0 atom stereocenters. The standard InChI is InChI=1S/C15H12ClFN2O2/c1-21-14-6-10(16)5-9(15(14)20)8-19-13-4-2-3-12(17)11(13)7-18/h2-6,19-20H,8H2,1H3. The first kappa shape index (κ1) is 14.9. The topological polar surface area (TPSA) is 65.3 Å². The molecular formula is C15H12ClFN2O2. The van der Waals surface area contributed by atoms with Gasteiger partial charge >= 0.3 is 0 Å². The molecule has 6 heteroatoms. The Bertz CT molecular complexity index is 714. The second-order valence-electron chi connectivity index (χ2n) is 4.24. The summed E-state index contributed by atoms with van der Waals surface area (Å²) in [6.45, 7) is 0.168. The van der Waals surface area contributed by atoms with E-state index in [1.165, 1.54) is 25.3 Å². The summed E-state index contributed by atoms with van der Waals surface area (Å²) in [5, 5.41) is 22.3. The SMILES string of the molecule is COc1cc(Cl)cc(CNc2cccc(F)c2C#N)c1O. The van der Waals surface area contributed by atoms with Crippen molar-refractivity contribution >= 4 is 17.3 Å². The molecule has 0 spiro atoms. The fraction of sp³-hybridized carbons (Fsp3) is 0.133. The molecule has 0 saturated heterocycles. The van der Waals surface area contributed by atoms with Gasteiger partial charge in [-0.3, -0.25) is 0 Å². The third-order valence-electron chi connectivity index (χ3n) is 2.93. The van der Waals surface area contributed by atoms with Crippen molar-refractivity contribution in [3.8, 4) is 17.6 Å². The quantitative estimate of drug-likeness (QED) is 0.904. The van der Waals surface area contributed by atoms with Crippen LogP contribution in [-0.4, -0.2) is 12.2 Å². The molecule has 0 unspecified atom stereocenters. The number of nitrogens with one attached hydrogen (secondary N) is 1. The number of aromatic hydroxyl groups is 1. The second-order valence-corrected chi connectivity index (χ2v) is 4.68. The molecule has 108 valence electrons. The van der Waals surface area contributed by atoms with Crippen LogP contribution in [0.4, 0.5) is 10.1 Å². The van der Waals surface area contributed by atoms with Crippen LogP contribution in [0.25, 0.3) is 0 Å². The number of anilines is 1. The number of nitriles is 1. The molecule has 0 saturated carbocycles. The zero-order chi connectivity index (χ0) is 15.4. The highest BCUT2D eigenvalue weighted by Gasteiger charge is 2.12. The number of rotatable bonds is 4. The summed E-state index contributed by atoms with van der Waals surface area (Å²) in [6, 6.07) is 9.15. The van der Waals surface area contributed by atoms with Crippen LogP contribution in [0.5, 0.6) is 11.5 Å². The predicted octanol–water partition coefficient (Wildman–Crippen LogP) is 3.68. The highest BCUT2D eigenvalue weighted by atomic mass is 35.5. The molecule has 0 aliphatic carbocycles. The van der Waals surface area contributed by atoms with Gasteiger partial charge in [-0.25, -0.2) is 4.39 Å². The van der Waals surface area contributed by atoms with E-state index in [1.54, 1.807) is 18.2 Å². The van der Waals surface area contributed by atoms with Crippen molar-refractivity contribution in [2.75, 3.05) is 12.4 Å². The Hall–Kier alpha value is -2.45. The number of nitrogens with zero attached hydrogens (tertiary/aromatic N) is 1. The monoisotopic (exact) mass is 306 g/mol. The van der Waals surface area contributed by atoms with Crippen molar-refractivity contribution in [1.82, 2.24) is 0 Å². The average Bonchev–Trinajstić information content (AvgIpc) is 2.47. The third-order valence-corrected chi connectivity index (χ3v) is 3.15. The Morgan fingerprint density at radius 3 is 2.86 bits per heavy atom. The van der Waals surface area contributed by atoms with Crippen molar-refractivity contribution in [2.45, 2.75) is 6.54 Å². The molecule has 21 heavy (non-hydrogen) atoms. The summed E-state index contributed by atoms with van der Waals surface area (Å²) in [5.74, 6) is -0.404. The van der Waals surface area contributed by atoms with E-state index in [9.17, 15) is 9.50 Å². The van der Waals surface area contributed by atoms with Crippen molar-refractivity contribution in [3.05, 3.63) is 52.3 Å². The number of halogens is 2. The number of phenolic OH excluding ortho intramolecular Hbond substituents is 1. The third kappa shape index (κ3) is 3.18. The Morgan fingerprint density at radius 1 is 1.43 bits per heavy atom. The molecule has 2 N–H and O–H groups in total. The van der Waals surface area contributed by atoms with Crippen LogP contribution < -0.4 is 10.1 Å². The van der Waals surface area contributed by atoms with E-state index in [2.05, 4.69) is 5.32 Å². The molecule has 0 aliphatic heterocycles. The highest BCUT2D eigenvalue weighted by molar-refractivity contribution is 6.30. The normalized spacial score (nSPS) is 10.0. The maximum Gasteiger partial charge on any atom is 0.162 e. The van der Waals surface area contributed by atoms with Gasteiger partial charge in [0.2, 0.25) is 0 Å². The first-order chi connectivity index (χ1) is 10.1. The van der Waals surface area contributed by atoms with Gasteiger partial charge in [-0.1, -0.05) is 17.7 Å². The van der Waals surface area contributed by atoms with E-state index < -0.39 is 5.82 Å². The van der Waals surface area contributed by atoms with Gasteiger partial charge in [-0.15, -0.1) is 0 Å². The van der Waals surface area contributed by atoms with Crippen molar-refractivity contribution in [2.24, 2.45) is 0 Å². The minimum Gasteiger partial charge on any atom is -0.504 e. The lowest BCUT2D eigenvalue weighted by Gasteiger charge is -2.12. The van der Waals surface area contributed by atoms with Crippen molar-refractivity contribution in [3.63, 3.8) is 0 Å². The molecule has 4 nitrogen and oxygen atoms in total. The fourth-order valence-electron chi connectivity index (χ4n) is 1.89. The second kappa shape index (κ2) is 6.33. The van der Waals surface area contributed by atoms with Crippen molar-refractivity contribution < 1.29 is 14.2 Å². The number of hydrogen-bond donors (Lipinski definition) is 2. The molecular weight excluding hydrogens is 295 g/mol. The van der Waals surface area contributed by atoms with E-state index in [4.69, 9.17) is 21.6 Å². The van der Waals surface area contributed by atoms with Gasteiger partial charge in [0.05, 0.1) is 12.8 Å². The summed E-state index contributed by atoms with van der Waals surface area (Å²) < 4.78 is 18.5. The molecule has 0 radical (unpaired) electrons. The predicted molar refractivity (Wildman–Crippen MR) is 78.1 cm³/mol. The Labute approximate surface area is 126 Å². The molecule has 0 fully saturated rings. The van der Waals surface area contributed by atoms with Gasteiger partial charge in [-0.05, 0) is 18.2 Å². The Kier molecular flexibility index (Phi) is 4.51. The summed E-state index contributed by atoms with van der Waals surface area (Å²) in [4.78, 5) is 0. The average molecular weight is 307 g/mol. The van der Waals surface area contributed by atoms with Crippen LogP contribution in [0.1, 0.15) is 11.1 Å². The van der Waals surface area contributed by atoms with E-state index in [-0.39, 0.29) is 23.6 Å². The molecule has 0 aliphatic rings. The van der Waals surface area contributed by atoms with E-state index in [0.717, 1.165) is 0 Å². The summed E-state index contributed by atoms with van der Waals surface area (Å²) in [6.07, 6.45) is 0. The molecule has 2 rings (SSSR count). The first-order valence-electron chi connectivity index (χ1n) is 6.04. The molecule has 0 bridgehead atoms. The highest BCUT2D eigenvalue weighted by Crippen LogP contribution is 2.34. The minimum atomic E-state index is -0.601. The maximum absolute atomic E-state index is 13.5.